The molecule has 1 aliphatic heterocycles. The highest BCUT2D eigenvalue weighted by Gasteiger charge is 2.27. The summed E-state index contributed by atoms with van der Waals surface area (Å²) in [6, 6.07) is 4.27. The number of methoxy groups -OCH3 is 1. The highest BCUT2D eigenvalue weighted by molar-refractivity contribution is 5.79. The Hall–Kier alpha value is -1.84. The molecular formula is C15H18N2O2. The Morgan fingerprint density at radius 3 is 2.84 bits per heavy atom. The van der Waals surface area contributed by atoms with E-state index in [2.05, 4.69) is 16.4 Å². The Kier molecular flexibility index (Phi) is 3.23. The lowest BCUT2D eigenvalue weighted by Crippen LogP contribution is -2.22. The second-order valence-electron chi connectivity index (χ2n) is 5.18. The van der Waals surface area contributed by atoms with Gasteiger partial charge in [0.05, 0.1) is 12.8 Å². The van der Waals surface area contributed by atoms with Gasteiger partial charge < -0.3 is 10.1 Å². The van der Waals surface area contributed by atoms with Crippen LogP contribution in [0.15, 0.2) is 18.2 Å². The maximum Gasteiger partial charge on any atom is 0.220 e. The van der Waals surface area contributed by atoms with Gasteiger partial charge in [-0.25, -0.2) is 4.98 Å². The van der Waals surface area contributed by atoms with Crippen molar-refractivity contribution in [1.29, 1.82) is 0 Å². The van der Waals surface area contributed by atoms with E-state index in [1.807, 2.05) is 18.2 Å². The first-order chi connectivity index (χ1) is 9.26. The molecule has 100 valence electrons. The number of nitrogens with zero attached hydrogens (tertiary/aromatic N) is 1. The number of carbonyl (C=O) groups is 1. The molecule has 1 aromatic heterocycles. The number of hydrogen-bond acceptors (Lipinski definition) is 3. The van der Waals surface area contributed by atoms with Gasteiger partial charge in [0.2, 0.25) is 11.8 Å². The third-order valence-corrected chi connectivity index (χ3v) is 3.65. The lowest BCUT2D eigenvalue weighted by molar-refractivity contribution is -0.119. The van der Waals surface area contributed by atoms with Gasteiger partial charge in [0.1, 0.15) is 0 Å². The zero-order chi connectivity index (χ0) is 13.2. The van der Waals surface area contributed by atoms with Gasteiger partial charge in [-0.3, -0.25) is 4.79 Å². The fourth-order valence-electron chi connectivity index (χ4n) is 2.42. The quantitative estimate of drug-likeness (QED) is 0.901. The van der Waals surface area contributed by atoms with Crippen molar-refractivity contribution >= 4 is 12.0 Å². The highest BCUT2D eigenvalue weighted by atomic mass is 16.5. The van der Waals surface area contributed by atoms with Crippen LogP contribution in [-0.4, -0.2) is 24.0 Å². The van der Waals surface area contributed by atoms with Crippen LogP contribution in [-0.2, 0) is 4.79 Å². The largest absolute Gasteiger partial charge is 0.481 e. The number of amides is 1. The minimum Gasteiger partial charge on any atom is -0.481 e. The predicted octanol–water partition coefficient (Wildman–Crippen LogP) is 2.26. The summed E-state index contributed by atoms with van der Waals surface area (Å²) in [5.74, 6) is 1.50. The van der Waals surface area contributed by atoms with Crippen LogP contribution < -0.4 is 10.1 Å². The molecule has 3 rings (SSSR count). The molecule has 0 radical (unpaired) electrons. The number of nitrogens with one attached hydrogen (secondary N) is 1. The molecule has 1 saturated carbocycles. The van der Waals surface area contributed by atoms with E-state index in [1.165, 1.54) is 18.4 Å². The number of hydrogen-bond donors (Lipinski definition) is 1. The van der Waals surface area contributed by atoms with Gasteiger partial charge in [0.25, 0.3) is 0 Å². The van der Waals surface area contributed by atoms with Crippen LogP contribution in [0, 0.1) is 0 Å². The van der Waals surface area contributed by atoms with Gasteiger partial charge in [-0.2, -0.15) is 0 Å². The van der Waals surface area contributed by atoms with Gasteiger partial charge in [-0.05, 0) is 37.3 Å². The van der Waals surface area contributed by atoms with Gasteiger partial charge in [-0.15, -0.1) is 0 Å². The maximum absolute atomic E-state index is 11.1. The summed E-state index contributed by atoms with van der Waals surface area (Å²) in [6.07, 6.45) is 7.92. The molecule has 1 aliphatic carbocycles. The van der Waals surface area contributed by atoms with Crippen molar-refractivity contribution in [2.24, 2.45) is 0 Å². The molecule has 0 spiro atoms. The Morgan fingerprint density at radius 2 is 2.21 bits per heavy atom. The Balaban J connectivity index is 1.74. The highest BCUT2D eigenvalue weighted by Crippen LogP contribution is 2.43. The van der Waals surface area contributed by atoms with Crippen molar-refractivity contribution in [2.45, 2.75) is 37.6 Å². The summed E-state index contributed by atoms with van der Waals surface area (Å²) in [6.45, 7) is 0. The molecule has 1 N–H and O–H groups in total. The van der Waals surface area contributed by atoms with E-state index in [4.69, 9.17) is 4.74 Å². The van der Waals surface area contributed by atoms with Crippen LogP contribution in [0.5, 0.6) is 5.88 Å². The Morgan fingerprint density at radius 1 is 1.37 bits per heavy atom. The topological polar surface area (TPSA) is 51.2 Å². The van der Waals surface area contributed by atoms with Crippen LogP contribution in [0.4, 0.5) is 0 Å². The molecule has 4 nitrogen and oxygen atoms in total. The van der Waals surface area contributed by atoms with E-state index in [-0.39, 0.29) is 11.9 Å². The van der Waals surface area contributed by atoms with E-state index in [0.29, 0.717) is 12.3 Å². The minimum absolute atomic E-state index is 0.129. The zero-order valence-electron chi connectivity index (χ0n) is 11.1. The van der Waals surface area contributed by atoms with Gasteiger partial charge in [0, 0.05) is 18.0 Å². The Labute approximate surface area is 112 Å². The van der Waals surface area contributed by atoms with Crippen LogP contribution in [0.25, 0.3) is 6.08 Å². The molecule has 19 heavy (non-hydrogen) atoms. The SMILES string of the molecule is COc1nc(C=C[C@H]2CCC(=O)N2)ccc1C1CC1. The lowest BCUT2D eigenvalue weighted by atomic mass is 10.1. The molecule has 0 bridgehead atoms. The normalized spacial score (nSPS) is 22.8. The predicted molar refractivity (Wildman–Crippen MR) is 73.0 cm³/mol. The fourth-order valence-corrected chi connectivity index (χ4v) is 2.42. The van der Waals surface area contributed by atoms with Crippen molar-refractivity contribution in [3.05, 3.63) is 29.5 Å². The standard InChI is InChI=1S/C15H18N2O2/c1-19-15-13(10-2-3-10)8-6-12(17-15)5-4-11-7-9-14(18)16-11/h4-6,8,10-11H,2-3,7,9H2,1H3,(H,16,18)/t11-/m0/s1. The molecule has 2 aliphatic rings. The first-order valence-electron chi connectivity index (χ1n) is 6.79. The van der Waals surface area contributed by atoms with E-state index in [0.717, 1.165) is 18.0 Å². The summed E-state index contributed by atoms with van der Waals surface area (Å²) in [7, 11) is 1.67. The molecule has 1 saturated heterocycles. The van der Waals surface area contributed by atoms with Crippen molar-refractivity contribution < 1.29 is 9.53 Å². The molecule has 2 heterocycles. The average molecular weight is 258 g/mol. The van der Waals surface area contributed by atoms with Crippen molar-refractivity contribution in [3.63, 3.8) is 0 Å². The number of carbonyl (C=O) groups excluding carboxylic acids is 1. The van der Waals surface area contributed by atoms with Gasteiger partial charge in [0.15, 0.2) is 0 Å². The summed E-state index contributed by atoms with van der Waals surface area (Å²) >= 11 is 0. The minimum atomic E-state index is 0.129. The number of rotatable bonds is 4. The second kappa shape index (κ2) is 5.03. The number of pyridine rings is 1. The van der Waals surface area contributed by atoms with Crippen LogP contribution in [0.1, 0.15) is 42.9 Å². The Bertz CT molecular complexity index is 521. The molecule has 1 atom stereocenters. The van der Waals surface area contributed by atoms with Crippen LogP contribution in [0.3, 0.4) is 0 Å². The smallest absolute Gasteiger partial charge is 0.220 e. The fraction of sp³-hybridized carbons (Fsp3) is 0.467. The number of ether oxygens (including phenoxy) is 1. The molecule has 0 unspecified atom stereocenters. The third kappa shape index (κ3) is 2.78. The average Bonchev–Trinajstić information content (AvgIpc) is 3.19. The molecule has 1 aromatic rings. The molecule has 4 heteroatoms. The van der Waals surface area contributed by atoms with E-state index >= 15 is 0 Å². The van der Waals surface area contributed by atoms with Crippen LogP contribution in [0.2, 0.25) is 0 Å². The molecule has 0 aromatic carbocycles. The summed E-state index contributed by atoms with van der Waals surface area (Å²) < 4.78 is 5.36. The van der Waals surface area contributed by atoms with E-state index in [9.17, 15) is 4.79 Å². The van der Waals surface area contributed by atoms with Gasteiger partial charge >= 0.3 is 0 Å². The van der Waals surface area contributed by atoms with Crippen molar-refractivity contribution in [2.75, 3.05) is 7.11 Å². The molecular weight excluding hydrogens is 240 g/mol. The monoisotopic (exact) mass is 258 g/mol. The van der Waals surface area contributed by atoms with Crippen LogP contribution >= 0.6 is 0 Å². The van der Waals surface area contributed by atoms with Gasteiger partial charge in [-0.1, -0.05) is 12.1 Å². The number of aromatic nitrogens is 1. The molecule has 1 amide bonds. The van der Waals surface area contributed by atoms with E-state index in [1.54, 1.807) is 7.11 Å². The summed E-state index contributed by atoms with van der Waals surface area (Å²) in [4.78, 5) is 15.6. The zero-order valence-corrected chi connectivity index (χ0v) is 11.1. The first-order valence-corrected chi connectivity index (χ1v) is 6.79. The van der Waals surface area contributed by atoms with E-state index < -0.39 is 0 Å². The second-order valence-corrected chi connectivity index (χ2v) is 5.18. The first kappa shape index (κ1) is 12.2. The maximum atomic E-state index is 11.1. The lowest BCUT2D eigenvalue weighted by Gasteiger charge is -2.07. The summed E-state index contributed by atoms with van der Waals surface area (Å²) in [5, 5.41) is 2.91. The van der Waals surface area contributed by atoms with Crippen molar-refractivity contribution in [1.82, 2.24) is 10.3 Å². The van der Waals surface area contributed by atoms with Crippen molar-refractivity contribution in [3.8, 4) is 5.88 Å². The molecule has 2 fully saturated rings. The summed E-state index contributed by atoms with van der Waals surface area (Å²) in [5.41, 5.74) is 2.09. The third-order valence-electron chi connectivity index (χ3n) is 3.65.